The molecule has 0 saturated carbocycles. The number of hydrogen-bond acceptors (Lipinski definition) is 2. The summed E-state index contributed by atoms with van der Waals surface area (Å²) in [5, 5.41) is 7.31. The lowest BCUT2D eigenvalue weighted by Gasteiger charge is -2.28. The number of piperidine rings is 1. The predicted molar refractivity (Wildman–Crippen MR) is 70.4 cm³/mol. The van der Waals surface area contributed by atoms with Crippen LogP contribution >= 0.6 is 0 Å². The van der Waals surface area contributed by atoms with E-state index in [0.29, 0.717) is 13.0 Å². The molecule has 1 aromatic carbocycles. The molecule has 18 heavy (non-hydrogen) atoms. The maximum atomic E-state index is 13.4. The van der Waals surface area contributed by atoms with Gasteiger partial charge in [-0.1, -0.05) is 30.3 Å². The van der Waals surface area contributed by atoms with E-state index >= 15 is 0 Å². The minimum absolute atomic E-state index is 0.457. The van der Waals surface area contributed by atoms with Crippen LogP contribution in [0.2, 0.25) is 0 Å². The second-order valence-corrected chi connectivity index (χ2v) is 4.69. The van der Waals surface area contributed by atoms with Crippen LogP contribution in [0, 0.1) is 0 Å². The molecule has 1 atom stereocenters. The van der Waals surface area contributed by atoms with Gasteiger partial charge >= 0.3 is 0 Å². The van der Waals surface area contributed by atoms with Gasteiger partial charge in [-0.2, -0.15) is 5.10 Å². The third kappa shape index (κ3) is 2.23. The Morgan fingerprint density at radius 3 is 2.89 bits per heavy atom. The Balaban J connectivity index is 1.81. The van der Waals surface area contributed by atoms with Crippen LogP contribution in [0.4, 0.5) is 10.2 Å². The van der Waals surface area contributed by atoms with Crippen molar-refractivity contribution in [1.82, 2.24) is 10.2 Å². The number of halogens is 1. The monoisotopic (exact) mass is 245 g/mol. The molecule has 1 aliphatic heterocycles. The molecule has 1 N–H and O–H groups in total. The number of nitrogens with one attached hydrogen (secondary N) is 1. The quantitative estimate of drug-likeness (QED) is 0.882. The molecule has 0 amide bonds. The molecule has 1 unspecified atom stereocenters. The standard InChI is InChI=1S/C14H16FN3/c15-12-7-4-8-18(10-12)14-9-13(16-17-14)11-5-2-1-3-6-11/h1-3,5-6,9,12H,4,7-8,10H2,(H,16,17). The molecule has 0 bridgehead atoms. The molecular weight excluding hydrogens is 229 g/mol. The van der Waals surface area contributed by atoms with E-state index in [9.17, 15) is 4.39 Å². The first kappa shape index (κ1) is 11.3. The SMILES string of the molecule is FC1CCCN(c2cc(-c3ccccc3)[nH]n2)C1. The van der Waals surface area contributed by atoms with E-state index in [1.165, 1.54) is 0 Å². The molecule has 3 nitrogen and oxygen atoms in total. The van der Waals surface area contributed by atoms with Crippen LogP contribution in [0.1, 0.15) is 12.8 Å². The Hall–Kier alpha value is -1.84. The topological polar surface area (TPSA) is 31.9 Å². The summed E-state index contributed by atoms with van der Waals surface area (Å²) in [6.07, 6.45) is 0.844. The molecule has 1 aromatic heterocycles. The van der Waals surface area contributed by atoms with Crippen LogP contribution in [0.5, 0.6) is 0 Å². The molecule has 4 heteroatoms. The molecule has 1 aliphatic rings. The lowest BCUT2D eigenvalue weighted by molar-refractivity contribution is 0.286. The minimum atomic E-state index is -0.726. The van der Waals surface area contributed by atoms with E-state index < -0.39 is 6.17 Å². The van der Waals surface area contributed by atoms with Crippen LogP contribution in [0.3, 0.4) is 0 Å². The van der Waals surface area contributed by atoms with E-state index in [4.69, 9.17) is 0 Å². The Labute approximate surface area is 106 Å². The van der Waals surface area contributed by atoms with Gasteiger partial charge in [0.05, 0.1) is 12.2 Å². The Bertz CT molecular complexity index is 509. The number of anilines is 1. The maximum absolute atomic E-state index is 13.4. The fourth-order valence-electron chi connectivity index (χ4n) is 2.37. The fraction of sp³-hybridized carbons (Fsp3) is 0.357. The smallest absolute Gasteiger partial charge is 0.151 e. The van der Waals surface area contributed by atoms with E-state index in [0.717, 1.165) is 30.0 Å². The Morgan fingerprint density at radius 1 is 1.28 bits per heavy atom. The van der Waals surface area contributed by atoms with Gasteiger partial charge in [0.2, 0.25) is 0 Å². The average molecular weight is 245 g/mol. The highest BCUT2D eigenvalue weighted by molar-refractivity contribution is 5.63. The molecule has 2 aromatic rings. The average Bonchev–Trinajstić information content (AvgIpc) is 2.89. The van der Waals surface area contributed by atoms with E-state index in [1.54, 1.807) is 0 Å². The van der Waals surface area contributed by atoms with Gasteiger partial charge < -0.3 is 4.90 Å². The fourth-order valence-corrected chi connectivity index (χ4v) is 2.37. The van der Waals surface area contributed by atoms with Crippen LogP contribution in [0.25, 0.3) is 11.3 Å². The lowest BCUT2D eigenvalue weighted by Crippen LogP contribution is -2.36. The first-order valence-corrected chi connectivity index (χ1v) is 6.33. The lowest BCUT2D eigenvalue weighted by atomic mass is 10.1. The highest BCUT2D eigenvalue weighted by Crippen LogP contribution is 2.24. The van der Waals surface area contributed by atoms with Gasteiger partial charge in [0, 0.05) is 12.6 Å². The maximum Gasteiger partial charge on any atom is 0.151 e. The molecule has 0 spiro atoms. The summed E-state index contributed by atoms with van der Waals surface area (Å²) in [5.74, 6) is 0.844. The second kappa shape index (κ2) is 4.80. The molecule has 1 fully saturated rings. The molecule has 0 radical (unpaired) electrons. The van der Waals surface area contributed by atoms with Gasteiger partial charge in [-0.15, -0.1) is 0 Å². The van der Waals surface area contributed by atoms with E-state index in [2.05, 4.69) is 10.2 Å². The van der Waals surface area contributed by atoms with Crippen molar-refractivity contribution in [2.45, 2.75) is 19.0 Å². The van der Waals surface area contributed by atoms with E-state index in [1.807, 2.05) is 41.3 Å². The number of nitrogens with zero attached hydrogens (tertiary/aromatic N) is 2. The van der Waals surface area contributed by atoms with Gasteiger partial charge in [0.1, 0.15) is 6.17 Å². The third-order valence-electron chi connectivity index (χ3n) is 3.34. The summed E-state index contributed by atoms with van der Waals surface area (Å²) in [6.45, 7) is 1.35. The molecule has 1 saturated heterocycles. The van der Waals surface area contributed by atoms with Crippen molar-refractivity contribution < 1.29 is 4.39 Å². The summed E-state index contributed by atoms with van der Waals surface area (Å²) >= 11 is 0. The van der Waals surface area contributed by atoms with Crippen LogP contribution in [-0.2, 0) is 0 Å². The Kier molecular flexibility index (Phi) is 3.00. The zero-order valence-electron chi connectivity index (χ0n) is 10.1. The van der Waals surface area contributed by atoms with Gasteiger partial charge in [0.25, 0.3) is 0 Å². The van der Waals surface area contributed by atoms with Crippen molar-refractivity contribution in [3.63, 3.8) is 0 Å². The van der Waals surface area contributed by atoms with Crippen molar-refractivity contribution in [2.24, 2.45) is 0 Å². The highest BCUT2D eigenvalue weighted by Gasteiger charge is 2.21. The minimum Gasteiger partial charge on any atom is -0.352 e. The zero-order chi connectivity index (χ0) is 12.4. The zero-order valence-corrected chi connectivity index (χ0v) is 10.1. The van der Waals surface area contributed by atoms with Gasteiger partial charge in [-0.3, -0.25) is 5.10 Å². The number of hydrogen-bond donors (Lipinski definition) is 1. The van der Waals surface area contributed by atoms with Crippen molar-refractivity contribution >= 4 is 5.82 Å². The summed E-state index contributed by atoms with van der Waals surface area (Å²) in [7, 11) is 0. The largest absolute Gasteiger partial charge is 0.352 e. The van der Waals surface area contributed by atoms with Crippen LogP contribution in [0.15, 0.2) is 36.4 Å². The first-order valence-electron chi connectivity index (χ1n) is 6.33. The molecule has 94 valence electrons. The summed E-state index contributed by atoms with van der Waals surface area (Å²) in [5.41, 5.74) is 2.08. The van der Waals surface area contributed by atoms with Crippen LogP contribution in [-0.4, -0.2) is 29.5 Å². The van der Waals surface area contributed by atoms with Gasteiger partial charge in [0.15, 0.2) is 5.82 Å². The normalized spacial score (nSPS) is 20.1. The Morgan fingerprint density at radius 2 is 2.11 bits per heavy atom. The molecular formula is C14H16FN3. The molecule has 0 aliphatic carbocycles. The van der Waals surface area contributed by atoms with E-state index in [-0.39, 0.29) is 0 Å². The summed E-state index contributed by atoms with van der Waals surface area (Å²) in [6, 6.07) is 12.0. The number of benzene rings is 1. The molecule has 3 rings (SSSR count). The molecule has 2 heterocycles. The number of alkyl halides is 1. The number of aromatic nitrogens is 2. The second-order valence-electron chi connectivity index (χ2n) is 4.69. The van der Waals surface area contributed by atoms with Crippen molar-refractivity contribution in [3.05, 3.63) is 36.4 Å². The van der Waals surface area contributed by atoms with Crippen LogP contribution < -0.4 is 4.90 Å². The first-order chi connectivity index (χ1) is 8.83. The van der Waals surface area contributed by atoms with Gasteiger partial charge in [-0.25, -0.2) is 4.39 Å². The number of H-pyrrole nitrogens is 1. The summed E-state index contributed by atoms with van der Waals surface area (Å²) < 4.78 is 13.4. The van der Waals surface area contributed by atoms with Crippen molar-refractivity contribution in [3.8, 4) is 11.3 Å². The van der Waals surface area contributed by atoms with Crippen molar-refractivity contribution in [1.29, 1.82) is 0 Å². The highest BCUT2D eigenvalue weighted by atomic mass is 19.1. The number of aromatic amines is 1. The van der Waals surface area contributed by atoms with Crippen molar-refractivity contribution in [2.75, 3.05) is 18.0 Å². The summed E-state index contributed by atoms with van der Waals surface area (Å²) in [4.78, 5) is 2.01. The van der Waals surface area contributed by atoms with Gasteiger partial charge in [-0.05, 0) is 18.4 Å². The number of rotatable bonds is 2. The predicted octanol–water partition coefficient (Wildman–Crippen LogP) is 3.02. The third-order valence-corrected chi connectivity index (χ3v) is 3.34.